The molecule has 0 saturated heterocycles. The molecule has 5 aromatic rings. The number of rotatable bonds is 4. The second-order valence-electron chi connectivity index (χ2n) is 6.85. The molecule has 148 valence electrons. The number of hydrogen-bond donors (Lipinski definition) is 3. The van der Waals surface area contributed by atoms with Gasteiger partial charge in [-0.15, -0.1) is 0 Å². The van der Waals surface area contributed by atoms with E-state index in [1.165, 1.54) is 4.68 Å². The van der Waals surface area contributed by atoms with Crippen LogP contribution in [0.15, 0.2) is 76.1 Å². The van der Waals surface area contributed by atoms with Gasteiger partial charge in [0.1, 0.15) is 11.3 Å². The van der Waals surface area contributed by atoms with Crippen molar-refractivity contribution in [3.63, 3.8) is 0 Å². The van der Waals surface area contributed by atoms with E-state index in [1.807, 2.05) is 43.3 Å². The Morgan fingerprint density at radius 1 is 1.07 bits per heavy atom. The van der Waals surface area contributed by atoms with E-state index in [-0.39, 0.29) is 5.75 Å². The summed E-state index contributed by atoms with van der Waals surface area (Å²) >= 11 is 0. The maximum Gasteiger partial charge on any atom is 0.439 e. The molecule has 0 atom stereocenters. The van der Waals surface area contributed by atoms with Gasteiger partial charge in [-0.2, -0.15) is 9.66 Å². The van der Waals surface area contributed by atoms with E-state index in [1.54, 1.807) is 30.5 Å². The molecule has 0 radical (unpaired) electrons. The summed E-state index contributed by atoms with van der Waals surface area (Å²) in [5.41, 5.74) is 5.48. The van der Waals surface area contributed by atoms with Crippen molar-refractivity contribution in [3.8, 4) is 5.75 Å². The Bertz CT molecular complexity index is 1450. The van der Waals surface area contributed by atoms with Gasteiger partial charge in [-0.25, -0.2) is 9.78 Å². The van der Waals surface area contributed by atoms with E-state index in [0.717, 1.165) is 16.3 Å². The summed E-state index contributed by atoms with van der Waals surface area (Å²) in [7, 11) is 0. The largest absolute Gasteiger partial charge is 0.507 e. The van der Waals surface area contributed by atoms with Crippen molar-refractivity contribution in [2.75, 3.05) is 10.7 Å². The van der Waals surface area contributed by atoms with E-state index in [0.29, 0.717) is 28.6 Å². The minimum Gasteiger partial charge on any atom is -0.507 e. The van der Waals surface area contributed by atoms with Gasteiger partial charge in [0.15, 0.2) is 11.4 Å². The number of aryl methyl sites for hydroxylation is 1. The summed E-state index contributed by atoms with van der Waals surface area (Å²) in [5.74, 6) is 0.394. The molecule has 0 fully saturated rings. The van der Waals surface area contributed by atoms with Crippen molar-refractivity contribution in [2.24, 2.45) is 0 Å². The van der Waals surface area contributed by atoms with Gasteiger partial charge in [-0.1, -0.05) is 36.4 Å². The van der Waals surface area contributed by atoms with Gasteiger partial charge in [-0.3, -0.25) is 5.43 Å². The molecular formula is C22H17N5O3. The summed E-state index contributed by atoms with van der Waals surface area (Å²) < 4.78 is 6.55. The van der Waals surface area contributed by atoms with Crippen LogP contribution in [0.4, 0.5) is 17.5 Å². The first-order valence-corrected chi connectivity index (χ1v) is 9.28. The molecule has 5 rings (SSSR count). The van der Waals surface area contributed by atoms with Crippen molar-refractivity contribution in [1.29, 1.82) is 0 Å². The van der Waals surface area contributed by atoms with E-state index >= 15 is 0 Å². The average molecular weight is 399 g/mol. The van der Waals surface area contributed by atoms with Gasteiger partial charge >= 0.3 is 5.76 Å². The molecule has 8 nitrogen and oxygen atoms in total. The van der Waals surface area contributed by atoms with Crippen LogP contribution < -0.4 is 16.5 Å². The maximum absolute atomic E-state index is 12.2. The van der Waals surface area contributed by atoms with Crippen LogP contribution in [0.5, 0.6) is 5.75 Å². The normalized spacial score (nSPS) is 11.1. The van der Waals surface area contributed by atoms with Gasteiger partial charge in [0, 0.05) is 28.9 Å². The Morgan fingerprint density at radius 3 is 2.77 bits per heavy atom. The van der Waals surface area contributed by atoms with Gasteiger partial charge in [0.05, 0.1) is 0 Å². The Labute approximate surface area is 170 Å². The molecule has 30 heavy (non-hydrogen) atoms. The van der Waals surface area contributed by atoms with Crippen LogP contribution in [0, 0.1) is 6.92 Å². The quantitative estimate of drug-likeness (QED) is 0.416. The van der Waals surface area contributed by atoms with Crippen molar-refractivity contribution in [2.45, 2.75) is 6.92 Å². The Hall–Kier alpha value is -4.33. The SMILES string of the molecule is Cc1cnc(Nc2cc(O)c3ccccc3c2)nc1Nn1c(=O)oc2ccccc21. The van der Waals surface area contributed by atoms with Crippen LogP contribution in [-0.2, 0) is 0 Å². The lowest BCUT2D eigenvalue weighted by molar-refractivity contribution is 0.482. The first-order chi connectivity index (χ1) is 14.6. The number of hydrogen-bond acceptors (Lipinski definition) is 7. The lowest BCUT2D eigenvalue weighted by Gasteiger charge is -2.12. The zero-order valence-electron chi connectivity index (χ0n) is 16.0. The van der Waals surface area contributed by atoms with Crippen LogP contribution >= 0.6 is 0 Å². The summed E-state index contributed by atoms with van der Waals surface area (Å²) in [6.45, 7) is 1.83. The molecule has 0 spiro atoms. The fraction of sp³-hybridized carbons (Fsp3) is 0.0455. The zero-order valence-corrected chi connectivity index (χ0v) is 16.0. The molecule has 0 amide bonds. The Kier molecular flexibility index (Phi) is 4.10. The molecule has 3 aromatic carbocycles. The highest BCUT2D eigenvalue weighted by atomic mass is 16.4. The number of nitrogens with zero attached hydrogens (tertiary/aromatic N) is 3. The summed E-state index contributed by atoms with van der Waals surface area (Å²) in [4.78, 5) is 21.0. The minimum absolute atomic E-state index is 0.164. The van der Waals surface area contributed by atoms with Gasteiger partial charge in [0.25, 0.3) is 0 Å². The molecule has 0 aliphatic carbocycles. The molecule has 8 heteroatoms. The van der Waals surface area contributed by atoms with Crippen molar-refractivity contribution in [1.82, 2.24) is 14.6 Å². The number of para-hydroxylation sites is 2. The molecule has 0 aliphatic rings. The highest BCUT2D eigenvalue weighted by molar-refractivity contribution is 5.91. The zero-order chi connectivity index (χ0) is 20.7. The van der Waals surface area contributed by atoms with E-state index in [4.69, 9.17) is 4.42 Å². The standard InChI is InChI=1S/C22H17N5O3/c1-13-12-23-21(24-15-10-14-6-2-3-7-16(14)18(28)11-15)25-20(13)26-27-17-8-4-5-9-19(17)30-22(27)29/h2-12,28H,1H3,(H2,23,24,25,26). The van der Waals surface area contributed by atoms with Crippen LogP contribution in [0.3, 0.4) is 0 Å². The number of phenolic OH excluding ortho intramolecular Hbond substituents is 1. The number of fused-ring (bicyclic) bond motifs is 2. The first-order valence-electron chi connectivity index (χ1n) is 9.28. The van der Waals surface area contributed by atoms with Crippen LogP contribution in [0.1, 0.15) is 5.56 Å². The highest BCUT2D eigenvalue weighted by Crippen LogP contribution is 2.30. The molecule has 0 unspecified atom stereocenters. The van der Waals surface area contributed by atoms with Crippen molar-refractivity contribution >= 4 is 39.3 Å². The van der Waals surface area contributed by atoms with Crippen LogP contribution in [0.25, 0.3) is 21.9 Å². The number of aromatic hydroxyl groups is 1. The van der Waals surface area contributed by atoms with Crippen molar-refractivity contribution in [3.05, 3.63) is 83.0 Å². The van der Waals surface area contributed by atoms with Crippen molar-refractivity contribution < 1.29 is 9.52 Å². The van der Waals surface area contributed by atoms with Crippen LogP contribution in [0.2, 0.25) is 0 Å². The second-order valence-corrected chi connectivity index (χ2v) is 6.85. The van der Waals surface area contributed by atoms with E-state index in [9.17, 15) is 9.90 Å². The lowest BCUT2D eigenvalue weighted by atomic mass is 10.1. The molecule has 3 N–H and O–H groups in total. The van der Waals surface area contributed by atoms with Crippen LogP contribution in [-0.4, -0.2) is 19.8 Å². The number of aromatic nitrogens is 3. The summed E-state index contributed by atoms with van der Waals surface area (Å²) in [6.07, 6.45) is 1.64. The summed E-state index contributed by atoms with van der Waals surface area (Å²) in [6, 6.07) is 18.2. The number of oxazole rings is 1. The minimum atomic E-state index is -0.539. The molecule has 2 heterocycles. The fourth-order valence-corrected chi connectivity index (χ4v) is 3.29. The average Bonchev–Trinajstić information content (AvgIpc) is 3.06. The topological polar surface area (TPSA) is 105 Å². The Balaban J connectivity index is 1.49. The molecular weight excluding hydrogens is 382 g/mol. The molecule has 0 saturated carbocycles. The number of nitrogens with one attached hydrogen (secondary N) is 2. The maximum atomic E-state index is 12.2. The van der Waals surface area contributed by atoms with E-state index in [2.05, 4.69) is 20.7 Å². The predicted octanol–water partition coefficient (Wildman–Crippen LogP) is 4.17. The first kappa shape index (κ1) is 17.7. The highest BCUT2D eigenvalue weighted by Gasteiger charge is 2.12. The Morgan fingerprint density at radius 2 is 1.87 bits per heavy atom. The monoisotopic (exact) mass is 399 g/mol. The molecule has 2 aromatic heterocycles. The second kappa shape index (κ2) is 6.93. The fourth-order valence-electron chi connectivity index (χ4n) is 3.29. The van der Waals surface area contributed by atoms with Gasteiger partial charge in [-0.05, 0) is 30.5 Å². The summed E-state index contributed by atoms with van der Waals surface area (Å²) in [5, 5.41) is 15.0. The third kappa shape index (κ3) is 3.10. The number of anilines is 3. The van der Waals surface area contributed by atoms with Gasteiger partial charge in [0.2, 0.25) is 5.95 Å². The van der Waals surface area contributed by atoms with E-state index < -0.39 is 5.76 Å². The third-order valence-corrected chi connectivity index (χ3v) is 4.77. The number of benzene rings is 3. The lowest BCUT2D eigenvalue weighted by Crippen LogP contribution is -2.23. The smallest absolute Gasteiger partial charge is 0.439 e. The predicted molar refractivity (Wildman–Crippen MR) is 115 cm³/mol. The van der Waals surface area contributed by atoms with Gasteiger partial charge < -0.3 is 14.8 Å². The third-order valence-electron chi connectivity index (χ3n) is 4.77. The molecule has 0 bridgehead atoms. The number of phenols is 1. The molecule has 0 aliphatic heterocycles.